The van der Waals surface area contributed by atoms with E-state index in [2.05, 4.69) is 0 Å². The first-order valence-corrected chi connectivity index (χ1v) is 4.68. The summed E-state index contributed by atoms with van der Waals surface area (Å²) in [6.07, 6.45) is 2.61. The van der Waals surface area contributed by atoms with E-state index in [1.165, 1.54) is 13.8 Å². The molecule has 2 atom stereocenters. The summed E-state index contributed by atoms with van der Waals surface area (Å²) in [5, 5.41) is 0. The van der Waals surface area contributed by atoms with Crippen LogP contribution in [0.5, 0.6) is 0 Å². The lowest BCUT2D eigenvalue weighted by Gasteiger charge is -2.26. The van der Waals surface area contributed by atoms with Crippen molar-refractivity contribution in [3.05, 3.63) is 12.2 Å². The molecule has 1 heterocycles. The van der Waals surface area contributed by atoms with Gasteiger partial charge in [-0.15, -0.1) is 0 Å². The molecule has 0 radical (unpaired) electrons. The highest BCUT2D eigenvalue weighted by atomic mass is 16.6. The van der Waals surface area contributed by atoms with Crippen molar-refractivity contribution in [2.45, 2.75) is 26.1 Å². The van der Waals surface area contributed by atoms with Gasteiger partial charge in [-0.2, -0.15) is 0 Å². The molecule has 5 nitrogen and oxygen atoms in total. The Morgan fingerprint density at radius 1 is 1.40 bits per heavy atom. The first-order valence-electron chi connectivity index (χ1n) is 4.68. The molecule has 0 N–H and O–H groups in total. The Morgan fingerprint density at radius 3 is 2.73 bits per heavy atom. The van der Waals surface area contributed by atoms with E-state index in [-0.39, 0.29) is 18.5 Å². The third kappa shape index (κ3) is 4.12. The van der Waals surface area contributed by atoms with Gasteiger partial charge in [0.05, 0.1) is 6.61 Å². The molecule has 0 aliphatic carbocycles. The molecule has 84 valence electrons. The molecule has 15 heavy (non-hydrogen) atoms. The minimum Gasteiger partial charge on any atom is -0.463 e. The van der Waals surface area contributed by atoms with Crippen LogP contribution in [0.1, 0.15) is 13.8 Å². The van der Waals surface area contributed by atoms with Gasteiger partial charge in [0.2, 0.25) is 0 Å². The van der Waals surface area contributed by atoms with Gasteiger partial charge in [0.1, 0.15) is 18.8 Å². The number of esters is 2. The molecule has 0 aromatic carbocycles. The van der Waals surface area contributed by atoms with Crippen LogP contribution in [0.3, 0.4) is 0 Å². The summed E-state index contributed by atoms with van der Waals surface area (Å²) in [5.74, 6) is -0.766. The summed E-state index contributed by atoms with van der Waals surface area (Å²) in [5.41, 5.74) is 0. The maximum absolute atomic E-state index is 10.8. The number of carbonyl (C=O) groups is 2. The van der Waals surface area contributed by atoms with Gasteiger partial charge in [0.15, 0.2) is 0 Å². The molecule has 0 spiro atoms. The molecule has 1 rings (SSSR count). The van der Waals surface area contributed by atoms with Crippen LogP contribution in [0.25, 0.3) is 0 Å². The number of hydrogen-bond acceptors (Lipinski definition) is 5. The van der Waals surface area contributed by atoms with Crippen molar-refractivity contribution in [2.24, 2.45) is 0 Å². The van der Waals surface area contributed by atoms with Crippen molar-refractivity contribution in [1.29, 1.82) is 0 Å². The van der Waals surface area contributed by atoms with E-state index in [0.717, 1.165) is 0 Å². The molecule has 0 amide bonds. The van der Waals surface area contributed by atoms with Gasteiger partial charge >= 0.3 is 11.9 Å². The van der Waals surface area contributed by atoms with E-state index in [1.807, 2.05) is 0 Å². The van der Waals surface area contributed by atoms with Crippen molar-refractivity contribution in [3.63, 3.8) is 0 Å². The number of hydrogen-bond donors (Lipinski definition) is 0. The maximum atomic E-state index is 10.8. The Morgan fingerprint density at radius 2 is 2.13 bits per heavy atom. The highest BCUT2D eigenvalue weighted by Gasteiger charge is 2.26. The normalized spacial score (nSPS) is 24.7. The van der Waals surface area contributed by atoms with E-state index < -0.39 is 12.2 Å². The zero-order valence-electron chi connectivity index (χ0n) is 8.76. The van der Waals surface area contributed by atoms with Crippen LogP contribution in [-0.2, 0) is 23.8 Å². The molecule has 1 aliphatic heterocycles. The third-order valence-corrected chi connectivity index (χ3v) is 1.85. The lowest BCUT2D eigenvalue weighted by molar-refractivity contribution is -0.158. The first-order chi connectivity index (χ1) is 7.09. The fraction of sp³-hybridized carbons (Fsp3) is 0.600. The second kappa shape index (κ2) is 5.50. The fourth-order valence-corrected chi connectivity index (χ4v) is 1.24. The topological polar surface area (TPSA) is 61.8 Å². The SMILES string of the molecule is CC(=O)OC[C@@H]1OCC=C[C@H]1OC(C)=O. The van der Waals surface area contributed by atoms with Gasteiger partial charge in [-0.1, -0.05) is 6.08 Å². The summed E-state index contributed by atoms with van der Waals surface area (Å²) in [6.45, 7) is 3.17. The molecule has 1 aliphatic rings. The van der Waals surface area contributed by atoms with E-state index in [9.17, 15) is 9.59 Å². The molecule has 0 fully saturated rings. The Balaban J connectivity index is 2.48. The van der Waals surface area contributed by atoms with Crippen LogP contribution in [-0.4, -0.2) is 37.4 Å². The predicted octanol–water partition coefficient (Wildman–Crippen LogP) is 0.436. The third-order valence-electron chi connectivity index (χ3n) is 1.85. The van der Waals surface area contributed by atoms with Crippen molar-refractivity contribution in [2.75, 3.05) is 13.2 Å². The molecule has 0 bridgehead atoms. The van der Waals surface area contributed by atoms with Crippen molar-refractivity contribution in [1.82, 2.24) is 0 Å². The van der Waals surface area contributed by atoms with Gasteiger partial charge in [0, 0.05) is 13.8 Å². The molecule has 0 unspecified atom stereocenters. The Hall–Kier alpha value is -1.36. The van der Waals surface area contributed by atoms with Gasteiger partial charge in [-0.3, -0.25) is 9.59 Å². The quantitative estimate of drug-likeness (QED) is 0.503. The van der Waals surface area contributed by atoms with Crippen LogP contribution in [0.2, 0.25) is 0 Å². The van der Waals surface area contributed by atoms with Crippen LogP contribution in [0, 0.1) is 0 Å². The van der Waals surface area contributed by atoms with E-state index in [0.29, 0.717) is 6.61 Å². The minimum absolute atomic E-state index is 0.0949. The van der Waals surface area contributed by atoms with Gasteiger partial charge in [-0.25, -0.2) is 0 Å². The smallest absolute Gasteiger partial charge is 0.303 e. The number of carbonyl (C=O) groups excluding carboxylic acids is 2. The van der Waals surface area contributed by atoms with Crippen molar-refractivity contribution in [3.8, 4) is 0 Å². The highest BCUT2D eigenvalue weighted by molar-refractivity contribution is 5.66. The Bertz CT molecular complexity index is 271. The summed E-state index contributed by atoms with van der Waals surface area (Å²) in [6, 6.07) is 0. The average molecular weight is 214 g/mol. The zero-order chi connectivity index (χ0) is 11.3. The van der Waals surface area contributed by atoms with Gasteiger partial charge in [0.25, 0.3) is 0 Å². The predicted molar refractivity (Wildman–Crippen MR) is 51.1 cm³/mol. The Labute approximate surface area is 88.0 Å². The second-order valence-electron chi connectivity index (χ2n) is 3.18. The minimum atomic E-state index is -0.476. The monoisotopic (exact) mass is 214 g/mol. The Kier molecular flexibility index (Phi) is 4.30. The van der Waals surface area contributed by atoms with E-state index in [4.69, 9.17) is 14.2 Å². The van der Waals surface area contributed by atoms with Crippen LogP contribution in [0.4, 0.5) is 0 Å². The molecule has 0 saturated heterocycles. The largest absolute Gasteiger partial charge is 0.463 e. The molecule has 0 saturated carbocycles. The standard InChI is InChI=1S/C10H14O5/c1-7(11)14-6-10-9(15-8(2)12)4-3-5-13-10/h3-4,9-10H,5-6H2,1-2H3/t9-,10+/m1/s1. The van der Waals surface area contributed by atoms with Crippen LogP contribution in [0.15, 0.2) is 12.2 Å². The molecular weight excluding hydrogens is 200 g/mol. The van der Waals surface area contributed by atoms with Crippen molar-refractivity contribution < 1.29 is 23.8 Å². The van der Waals surface area contributed by atoms with Gasteiger partial charge < -0.3 is 14.2 Å². The molecular formula is C10H14O5. The summed E-state index contributed by atoms with van der Waals surface area (Å²) >= 11 is 0. The second-order valence-corrected chi connectivity index (χ2v) is 3.18. The number of ether oxygens (including phenoxy) is 3. The fourth-order valence-electron chi connectivity index (χ4n) is 1.24. The summed E-state index contributed by atoms with van der Waals surface area (Å²) in [4.78, 5) is 21.4. The van der Waals surface area contributed by atoms with E-state index in [1.54, 1.807) is 12.2 Å². The van der Waals surface area contributed by atoms with Crippen molar-refractivity contribution >= 4 is 11.9 Å². The zero-order valence-corrected chi connectivity index (χ0v) is 8.76. The van der Waals surface area contributed by atoms with Crippen LogP contribution >= 0.6 is 0 Å². The van der Waals surface area contributed by atoms with E-state index >= 15 is 0 Å². The number of rotatable bonds is 3. The lowest BCUT2D eigenvalue weighted by Crippen LogP contribution is -2.38. The average Bonchev–Trinajstić information content (AvgIpc) is 2.15. The lowest BCUT2D eigenvalue weighted by atomic mass is 10.1. The molecule has 5 heteroatoms. The molecule has 0 aromatic heterocycles. The van der Waals surface area contributed by atoms with Crippen LogP contribution < -0.4 is 0 Å². The maximum Gasteiger partial charge on any atom is 0.303 e. The highest BCUT2D eigenvalue weighted by Crippen LogP contribution is 2.12. The summed E-state index contributed by atoms with van der Waals surface area (Å²) in [7, 11) is 0. The summed E-state index contributed by atoms with van der Waals surface area (Å²) < 4.78 is 15.1. The van der Waals surface area contributed by atoms with Gasteiger partial charge in [-0.05, 0) is 6.08 Å². The first kappa shape index (κ1) is 11.7. The molecule has 0 aromatic rings.